The summed E-state index contributed by atoms with van der Waals surface area (Å²) in [6, 6.07) is 7.34. The number of rotatable bonds is 2. The van der Waals surface area contributed by atoms with Crippen molar-refractivity contribution in [1.82, 2.24) is 5.32 Å². The molecule has 3 nitrogen and oxygen atoms in total. The second-order valence-corrected chi connectivity index (χ2v) is 4.43. The van der Waals surface area contributed by atoms with Gasteiger partial charge in [-0.15, -0.1) is 24.3 Å². The molecule has 19 heavy (non-hydrogen) atoms. The summed E-state index contributed by atoms with van der Waals surface area (Å²) < 4.78 is 4.99. The fourth-order valence-electron chi connectivity index (χ4n) is 1.74. The van der Waals surface area contributed by atoms with Gasteiger partial charge in [-0.1, -0.05) is 13.5 Å². The topological polar surface area (TPSA) is 38.3 Å². The van der Waals surface area contributed by atoms with E-state index < -0.39 is 0 Å². The third kappa shape index (κ3) is 4.29. The quantitative estimate of drug-likeness (QED) is 0.514. The van der Waals surface area contributed by atoms with Gasteiger partial charge in [-0.25, -0.2) is 6.08 Å². The van der Waals surface area contributed by atoms with Crippen LogP contribution in [0.5, 0.6) is 5.75 Å². The van der Waals surface area contributed by atoms with Crippen LogP contribution in [0, 0.1) is 12.0 Å². The molecule has 1 aromatic carbocycles. The standard InChI is InChI=1S/C15H16NO2.Y/c1-10-4-9-15(16-11(10)2)13-5-7-14(8-6-13)18-12(3)17;/h5-8,10,16H,2,4H2,1,3H3;/q-1;. The summed E-state index contributed by atoms with van der Waals surface area (Å²) in [4.78, 5) is 10.8. The number of carbonyl (C=O) groups is 1. The normalized spacial score (nSPS) is 17.9. The number of carbonyl (C=O) groups excluding carboxylic acids is 1. The molecule has 0 aromatic heterocycles. The van der Waals surface area contributed by atoms with Gasteiger partial charge in [0.25, 0.3) is 0 Å². The molecular formula is C15H16NO2Y-. The molecule has 1 radical (unpaired) electrons. The van der Waals surface area contributed by atoms with Gasteiger partial charge in [-0.05, 0) is 18.1 Å². The molecule has 0 bridgehead atoms. The third-order valence-electron chi connectivity index (χ3n) is 2.87. The van der Waals surface area contributed by atoms with Gasteiger partial charge in [0.2, 0.25) is 0 Å². The van der Waals surface area contributed by atoms with E-state index in [4.69, 9.17) is 4.74 Å². The van der Waals surface area contributed by atoms with Crippen molar-refractivity contribution < 1.29 is 42.2 Å². The molecule has 1 aromatic rings. The summed E-state index contributed by atoms with van der Waals surface area (Å²) in [7, 11) is 0. The van der Waals surface area contributed by atoms with Crippen LogP contribution in [0.15, 0.2) is 36.5 Å². The summed E-state index contributed by atoms with van der Waals surface area (Å²) in [5.41, 5.74) is 2.96. The summed E-state index contributed by atoms with van der Waals surface area (Å²) in [6.07, 6.45) is 4.18. The Morgan fingerprint density at radius 3 is 2.58 bits per heavy atom. The number of hydrogen-bond acceptors (Lipinski definition) is 3. The van der Waals surface area contributed by atoms with Crippen LogP contribution in [0.2, 0.25) is 0 Å². The van der Waals surface area contributed by atoms with Crippen LogP contribution in [0.1, 0.15) is 25.8 Å². The van der Waals surface area contributed by atoms with Crippen molar-refractivity contribution in [2.45, 2.75) is 20.3 Å². The predicted molar refractivity (Wildman–Crippen MR) is 70.5 cm³/mol. The molecule has 1 atom stereocenters. The first kappa shape index (κ1) is 16.1. The molecule has 4 heteroatoms. The Hall–Kier alpha value is -0.926. The average Bonchev–Trinajstić information content (AvgIpc) is 2.33. The number of nitrogens with one attached hydrogen (secondary N) is 1. The minimum absolute atomic E-state index is 0. The Labute approximate surface area is 139 Å². The van der Waals surface area contributed by atoms with Crippen molar-refractivity contribution >= 4 is 11.7 Å². The molecule has 0 aliphatic carbocycles. The van der Waals surface area contributed by atoms with E-state index in [0.717, 1.165) is 23.4 Å². The van der Waals surface area contributed by atoms with Crippen LogP contribution in [0.3, 0.4) is 0 Å². The SMILES string of the molecule is C=C1NC(c2ccc(OC(C)=O)cc2)=[C-]CC1C.[Y]. The van der Waals surface area contributed by atoms with Crippen molar-refractivity contribution in [3.8, 4) is 5.75 Å². The third-order valence-corrected chi connectivity index (χ3v) is 2.87. The van der Waals surface area contributed by atoms with Gasteiger partial charge in [-0.3, -0.25) is 4.79 Å². The van der Waals surface area contributed by atoms with Gasteiger partial charge in [0, 0.05) is 45.3 Å². The van der Waals surface area contributed by atoms with Gasteiger partial charge >= 0.3 is 5.97 Å². The molecule has 0 saturated carbocycles. The first-order valence-electron chi connectivity index (χ1n) is 5.92. The van der Waals surface area contributed by atoms with E-state index in [1.807, 2.05) is 12.1 Å². The van der Waals surface area contributed by atoms with E-state index in [9.17, 15) is 4.79 Å². The van der Waals surface area contributed by atoms with Crippen LogP contribution < -0.4 is 10.1 Å². The van der Waals surface area contributed by atoms with Gasteiger partial charge in [0.1, 0.15) is 5.75 Å². The maximum atomic E-state index is 10.8. The zero-order valence-corrected chi connectivity index (χ0v) is 14.0. The Morgan fingerprint density at radius 2 is 2.05 bits per heavy atom. The molecule has 1 heterocycles. The molecule has 0 fully saturated rings. The summed E-state index contributed by atoms with van der Waals surface area (Å²) >= 11 is 0. The second-order valence-electron chi connectivity index (χ2n) is 4.43. The Kier molecular flexibility index (Phi) is 5.96. The molecule has 1 aliphatic rings. The van der Waals surface area contributed by atoms with Crippen LogP contribution in [-0.2, 0) is 37.5 Å². The smallest absolute Gasteiger partial charge is 0.308 e. The minimum Gasteiger partial charge on any atom is -0.427 e. The van der Waals surface area contributed by atoms with Crippen LogP contribution >= 0.6 is 0 Å². The monoisotopic (exact) mass is 331 g/mol. The Morgan fingerprint density at radius 1 is 1.42 bits per heavy atom. The van der Waals surface area contributed by atoms with Crippen LogP contribution in [0.25, 0.3) is 5.70 Å². The fraction of sp³-hybridized carbons (Fsp3) is 0.267. The summed E-state index contributed by atoms with van der Waals surface area (Å²) in [6.45, 7) is 7.49. The van der Waals surface area contributed by atoms with E-state index in [-0.39, 0.29) is 38.7 Å². The zero-order chi connectivity index (χ0) is 13.1. The van der Waals surface area contributed by atoms with Crippen LogP contribution in [-0.4, -0.2) is 5.97 Å². The molecule has 1 aliphatic heterocycles. The van der Waals surface area contributed by atoms with E-state index in [1.54, 1.807) is 12.1 Å². The van der Waals surface area contributed by atoms with Gasteiger partial charge in [0.15, 0.2) is 0 Å². The maximum Gasteiger partial charge on any atom is 0.308 e. The van der Waals surface area contributed by atoms with E-state index >= 15 is 0 Å². The second kappa shape index (κ2) is 7.02. The molecule has 1 unspecified atom stereocenters. The Bertz CT molecular complexity index is 505. The fourth-order valence-corrected chi connectivity index (χ4v) is 1.74. The van der Waals surface area contributed by atoms with Crippen molar-refractivity contribution in [1.29, 1.82) is 0 Å². The molecule has 97 valence electrons. The van der Waals surface area contributed by atoms with Crippen molar-refractivity contribution in [2.24, 2.45) is 5.92 Å². The molecule has 0 spiro atoms. The molecule has 1 N–H and O–H groups in total. The number of esters is 1. The zero-order valence-electron chi connectivity index (χ0n) is 11.2. The van der Waals surface area contributed by atoms with E-state index in [2.05, 4.69) is 24.9 Å². The largest absolute Gasteiger partial charge is 0.427 e. The molecular weight excluding hydrogens is 315 g/mol. The number of allylic oxidation sites excluding steroid dienone is 2. The molecule has 0 amide bonds. The Balaban J connectivity index is 0.00000180. The number of hydrogen-bond donors (Lipinski definition) is 1. The first-order valence-corrected chi connectivity index (χ1v) is 5.92. The van der Waals surface area contributed by atoms with Crippen molar-refractivity contribution in [2.75, 3.05) is 0 Å². The minimum atomic E-state index is -0.313. The van der Waals surface area contributed by atoms with Crippen molar-refractivity contribution in [3.63, 3.8) is 0 Å². The summed E-state index contributed by atoms with van der Waals surface area (Å²) in [5.74, 6) is 0.649. The van der Waals surface area contributed by atoms with Gasteiger partial charge in [-0.2, -0.15) is 5.56 Å². The number of benzene rings is 1. The van der Waals surface area contributed by atoms with E-state index in [1.165, 1.54) is 6.92 Å². The average molecular weight is 331 g/mol. The summed E-state index contributed by atoms with van der Waals surface area (Å²) in [5, 5.41) is 3.25. The van der Waals surface area contributed by atoms with Crippen molar-refractivity contribution in [3.05, 3.63) is 48.2 Å². The van der Waals surface area contributed by atoms with Gasteiger partial charge in [0.05, 0.1) is 0 Å². The van der Waals surface area contributed by atoms with Gasteiger partial charge < -0.3 is 10.1 Å². The maximum absolute atomic E-state index is 10.8. The molecule has 2 rings (SSSR count). The molecule has 0 saturated heterocycles. The number of ether oxygens (including phenoxy) is 1. The van der Waals surface area contributed by atoms with E-state index in [0.29, 0.717) is 11.7 Å². The van der Waals surface area contributed by atoms with Crippen LogP contribution in [0.4, 0.5) is 0 Å². The first-order chi connectivity index (χ1) is 8.56. The predicted octanol–water partition coefficient (Wildman–Crippen LogP) is 2.90.